The summed E-state index contributed by atoms with van der Waals surface area (Å²) in [4.78, 5) is 0. The molecule has 0 unspecified atom stereocenters. The lowest BCUT2D eigenvalue weighted by Crippen LogP contribution is -1.87. The van der Waals surface area contributed by atoms with Crippen molar-refractivity contribution in [2.45, 2.75) is 0 Å². The zero-order valence-corrected chi connectivity index (χ0v) is 5.96. The van der Waals surface area contributed by atoms with Crippen molar-refractivity contribution in [2.75, 3.05) is 12.5 Å². The summed E-state index contributed by atoms with van der Waals surface area (Å²) in [5.41, 5.74) is 0. The highest BCUT2D eigenvalue weighted by molar-refractivity contribution is 6.18. The van der Waals surface area contributed by atoms with Crippen LogP contribution >= 0.6 is 11.6 Å². The van der Waals surface area contributed by atoms with Gasteiger partial charge >= 0.3 is 16.6 Å². The quantitative estimate of drug-likeness (QED) is 0.351. The molecule has 3 heteroatoms. The summed E-state index contributed by atoms with van der Waals surface area (Å²) in [6, 6.07) is 0. The first-order valence-electron chi connectivity index (χ1n) is 1.46. The van der Waals surface area contributed by atoms with Gasteiger partial charge in [0.25, 0.3) is 0 Å². The molecule has 1 nitrogen and oxygen atoms in total. The molecule has 0 fully saturated rings. The first-order chi connectivity index (χ1) is 2.41. The van der Waals surface area contributed by atoms with Gasteiger partial charge < -0.3 is 3.79 Å². The highest BCUT2D eigenvalue weighted by Crippen LogP contribution is 1.69. The summed E-state index contributed by atoms with van der Waals surface area (Å²) in [5, 5.41) is 0. The predicted octanol–water partition coefficient (Wildman–Crippen LogP) is -0.210. The van der Waals surface area contributed by atoms with Crippen LogP contribution < -0.4 is 0 Å². The van der Waals surface area contributed by atoms with Gasteiger partial charge in [0.1, 0.15) is 0 Å². The summed E-state index contributed by atoms with van der Waals surface area (Å²) >= 11 is 6.01. The number of halogens is 1. The number of hydrogen-bond donors (Lipinski definition) is 0. The Balaban J connectivity index is 2.19. The molecule has 0 amide bonds. The second-order valence-corrected chi connectivity index (χ2v) is 1.64. The van der Waals surface area contributed by atoms with Gasteiger partial charge in [-0.2, -0.15) is 0 Å². The molecule has 5 heavy (non-hydrogen) atoms. The second-order valence-electron chi connectivity index (χ2n) is 0.682. The molecule has 0 aromatic heterocycles. The summed E-state index contributed by atoms with van der Waals surface area (Å²) in [6.45, 7) is 0.716. The van der Waals surface area contributed by atoms with Crippen LogP contribution in [0.4, 0.5) is 0 Å². The van der Waals surface area contributed by atoms with E-state index in [9.17, 15) is 0 Å². The van der Waals surface area contributed by atoms with Gasteiger partial charge in [-0.1, -0.05) is 0 Å². The molecular formula is C2H6AlClO. The lowest BCUT2D eigenvalue weighted by atomic mass is 10.9. The highest BCUT2D eigenvalue weighted by Gasteiger charge is 1.68. The van der Waals surface area contributed by atoms with E-state index in [1.807, 2.05) is 0 Å². The Bertz CT molecular complexity index is 17.1. The van der Waals surface area contributed by atoms with E-state index in [0.29, 0.717) is 12.5 Å². The molecule has 0 radical (unpaired) electrons. The highest BCUT2D eigenvalue weighted by atomic mass is 35.5. The van der Waals surface area contributed by atoms with Crippen LogP contribution in [0.5, 0.6) is 0 Å². The van der Waals surface area contributed by atoms with Crippen LogP contribution in [0.1, 0.15) is 0 Å². The maximum absolute atomic E-state index is 5.20. The van der Waals surface area contributed by atoms with Crippen LogP contribution in [0.25, 0.3) is 0 Å². The number of rotatable bonds is 2. The van der Waals surface area contributed by atoms with Gasteiger partial charge in [0, 0.05) is 12.5 Å². The van der Waals surface area contributed by atoms with E-state index in [2.05, 4.69) is 0 Å². The fraction of sp³-hybridized carbons (Fsp3) is 1.00. The zero-order chi connectivity index (χ0) is 4.12. The van der Waals surface area contributed by atoms with Crippen LogP contribution in [-0.4, -0.2) is 29.1 Å². The average Bonchev–Trinajstić information content (AvgIpc) is 1.41. The van der Waals surface area contributed by atoms with Gasteiger partial charge in [-0.15, -0.1) is 11.6 Å². The van der Waals surface area contributed by atoms with Gasteiger partial charge in [0.05, 0.1) is 0 Å². The van der Waals surface area contributed by atoms with Crippen molar-refractivity contribution >= 4 is 28.2 Å². The van der Waals surface area contributed by atoms with Crippen molar-refractivity contribution in [1.82, 2.24) is 0 Å². The Morgan fingerprint density at radius 1 is 1.80 bits per heavy atom. The lowest BCUT2D eigenvalue weighted by molar-refractivity contribution is 0.378. The minimum atomic E-state index is 0.628. The minimum Gasteiger partial charge on any atom is -0.505 e. The Kier molecular flexibility index (Phi) is 5.53. The Morgan fingerprint density at radius 2 is 2.40 bits per heavy atom. The van der Waals surface area contributed by atoms with E-state index in [-0.39, 0.29) is 0 Å². The predicted molar refractivity (Wildman–Crippen MR) is 25.2 cm³/mol. The van der Waals surface area contributed by atoms with Crippen molar-refractivity contribution in [3.8, 4) is 0 Å². The van der Waals surface area contributed by atoms with Crippen molar-refractivity contribution < 1.29 is 3.79 Å². The topological polar surface area (TPSA) is 9.23 Å². The summed E-state index contributed by atoms with van der Waals surface area (Å²) in [7, 11) is 0. The molecule has 0 rings (SSSR count). The van der Waals surface area contributed by atoms with Gasteiger partial charge in [0.15, 0.2) is 0 Å². The SMILES string of the molecule is [AlH2][O]CCCl. The van der Waals surface area contributed by atoms with E-state index in [0.717, 1.165) is 16.6 Å². The first kappa shape index (κ1) is 5.78. The molecule has 0 bridgehead atoms. The van der Waals surface area contributed by atoms with E-state index < -0.39 is 0 Å². The van der Waals surface area contributed by atoms with Crippen molar-refractivity contribution in [2.24, 2.45) is 0 Å². The molecule has 0 aromatic rings. The lowest BCUT2D eigenvalue weighted by Gasteiger charge is -1.85. The Hall–Kier alpha value is 0.782. The molecule has 30 valence electrons. The van der Waals surface area contributed by atoms with Crippen LogP contribution in [0.15, 0.2) is 0 Å². The Labute approximate surface area is 45.0 Å². The Morgan fingerprint density at radius 3 is 2.40 bits per heavy atom. The molecule has 0 aliphatic rings. The normalized spacial score (nSPS) is 8.20. The van der Waals surface area contributed by atoms with Crippen molar-refractivity contribution in [1.29, 1.82) is 0 Å². The third kappa shape index (κ3) is 4.78. The third-order valence-electron chi connectivity index (χ3n) is 0.281. The fourth-order valence-electron chi connectivity index (χ4n) is 0.0772. The molecule has 0 saturated heterocycles. The summed E-state index contributed by atoms with van der Waals surface area (Å²) in [5.74, 6) is 0.628. The fourth-order valence-corrected chi connectivity index (χ4v) is 0.694. The third-order valence-corrected chi connectivity index (χ3v) is 0.844. The van der Waals surface area contributed by atoms with Crippen molar-refractivity contribution in [3.63, 3.8) is 0 Å². The molecule has 0 aliphatic heterocycles. The summed E-state index contributed by atoms with van der Waals surface area (Å²) < 4.78 is 4.70. The average molecular weight is 109 g/mol. The monoisotopic (exact) mass is 108 g/mol. The van der Waals surface area contributed by atoms with Crippen LogP contribution in [0, 0.1) is 0 Å². The van der Waals surface area contributed by atoms with Crippen LogP contribution in [-0.2, 0) is 3.79 Å². The summed E-state index contributed by atoms with van der Waals surface area (Å²) in [6.07, 6.45) is 0. The number of alkyl halides is 1. The molecular weight excluding hydrogens is 102 g/mol. The van der Waals surface area contributed by atoms with Gasteiger partial charge in [-0.05, 0) is 0 Å². The molecule has 0 saturated carbocycles. The molecule has 0 aliphatic carbocycles. The maximum Gasteiger partial charge on any atom is 0.410 e. The molecule has 0 heterocycles. The van der Waals surface area contributed by atoms with Gasteiger partial charge in [-0.3, -0.25) is 0 Å². The molecule has 0 N–H and O–H groups in total. The number of hydrogen-bond acceptors (Lipinski definition) is 1. The molecule has 0 spiro atoms. The van der Waals surface area contributed by atoms with Gasteiger partial charge in [-0.25, -0.2) is 0 Å². The van der Waals surface area contributed by atoms with Crippen molar-refractivity contribution in [3.05, 3.63) is 0 Å². The largest absolute Gasteiger partial charge is 0.505 e. The van der Waals surface area contributed by atoms with Crippen LogP contribution in [0.2, 0.25) is 0 Å². The van der Waals surface area contributed by atoms with E-state index in [1.165, 1.54) is 0 Å². The van der Waals surface area contributed by atoms with E-state index >= 15 is 0 Å². The zero-order valence-electron chi connectivity index (χ0n) is 3.20. The molecule has 0 aromatic carbocycles. The van der Waals surface area contributed by atoms with Crippen LogP contribution in [0.3, 0.4) is 0 Å². The maximum atomic E-state index is 5.20. The standard InChI is InChI=1S/C2H4ClO.Al.2H/c3-1-2-4;;;/h1-2H2;;;/q-1;+1;;. The van der Waals surface area contributed by atoms with E-state index in [1.54, 1.807) is 0 Å². The molecule has 0 atom stereocenters. The van der Waals surface area contributed by atoms with E-state index in [4.69, 9.17) is 15.4 Å². The minimum absolute atomic E-state index is 0.628. The smallest absolute Gasteiger partial charge is 0.410 e. The van der Waals surface area contributed by atoms with Gasteiger partial charge in [0.2, 0.25) is 0 Å². The second kappa shape index (κ2) is 4.78. The first-order valence-corrected chi connectivity index (χ1v) is 2.82.